The molecule has 1 saturated heterocycles. The average molecular weight is 471 g/mol. The highest BCUT2D eigenvalue weighted by atomic mass is 32.2. The maximum atomic E-state index is 13.6. The van der Waals surface area contributed by atoms with E-state index < -0.39 is 59.7 Å². The predicted molar refractivity (Wildman–Crippen MR) is 104 cm³/mol. The average Bonchev–Trinajstić information content (AvgIpc) is 3.25. The molecular weight excluding hydrogens is 454 g/mol. The molecule has 3 aromatic rings. The van der Waals surface area contributed by atoms with Crippen molar-refractivity contribution in [1.82, 2.24) is 15.0 Å². The minimum atomic E-state index is -1.62. The Labute approximate surface area is 183 Å². The second kappa shape index (κ2) is 9.16. The highest BCUT2D eigenvalue weighted by molar-refractivity contribution is 7.99. The van der Waals surface area contributed by atoms with Crippen molar-refractivity contribution in [3.05, 3.63) is 65.9 Å². The van der Waals surface area contributed by atoms with Gasteiger partial charge in [-0.1, -0.05) is 17.0 Å². The van der Waals surface area contributed by atoms with Crippen molar-refractivity contribution in [3.63, 3.8) is 0 Å². The van der Waals surface area contributed by atoms with Crippen molar-refractivity contribution in [2.45, 2.75) is 34.7 Å². The molecule has 4 rings (SSSR count). The molecule has 1 aliphatic rings. The second-order valence-corrected chi connectivity index (χ2v) is 8.28. The molecule has 2 aromatic carbocycles. The van der Waals surface area contributed by atoms with E-state index in [1.807, 2.05) is 0 Å². The first-order valence-electron chi connectivity index (χ1n) is 9.40. The van der Waals surface area contributed by atoms with Gasteiger partial charge >= 0.3 is 0 Å². The number of halogens is 4. The fourth-order valence-corrected chi connectivity index (χ4v) is 4.44. The summed E-state index contributed by atoms with van der Waals surface area (Å²) in [5, 5.41) is 38.7. The van der Waals surface area contributed by atoms with Crippen LogP contribution in [-0.2, 0) is 4.74 Å². The number of aromatic nitrogens is 3. The summed E-state index contributed by atoms with van der Waals surface area (Å²) in [5.41, 5.74) is -1.10. The van der Waals surface area contributed by atoms with Crippen LogP contribution in [0.25, 0.3) is 11.3 Å². The lowest BCUT2D eigenvalue weighted by Crippen LogP contribution is -2.55. The number of hydrogen-bond acceptors (Lipinski definition) is 7. The largest absolute Gasteiger partial charge is 0.394 e. The molecule has 7 nitrogen and oxygen atoms in total. The smallest absolute Gasteiger partial charge is 0.194 e. The Kier molecular flexibility index (Phi) is 6.49. The normalized spacial score (nSPS) is 25.8. The lowest BCUT2D eigenvalue weighted by Gasteiger charge is -2.41. The van der Waals surface area contributed by atoms with Gasteiger partial charge in [0.15, 0.2) is 17.5 Å². The Morgan fingerprint density at radius 2 is 1.66 bits per heavy atom. The first kappa shape index (κ1) is 22.7. The molecule has 1 aromatic heterocycles. The number of aliphatic hydroxyl groups is 3. The molecule has 0 spiro atoms. The molecule has 0 aliphatic carbocycles. The van der Waals surface area contributed by atoms with E-state index >= 15 is 0 Å². The van der Waals surface area contributed by atoms with Crippen LogP contribution in [0.3, 0.4) is 0 Å². The third-order valence-corrected chi connectivity index (χ3v) is 6.18. The molecule has 170 valence electrons. The van der Waals surface area contributed by atoms with Crippen molar-refractivity contribution in [3.8, 4) is 11.3 Å². The maximum Gasteiger partial charge on any atom is 0.194 e. The van der Waals surface area contributed by atoms with Gasteiger partial charge in [0, 0.05) is 10.5 Å². The molecule has 12 heteroatoms. The standard InChI is InChI=1S/C20H17F4N3O4S/c21-10-1-3-11(4-2-10)32-20-19(30)17(18(29)15(8-28)31-20)27-7-14(25-26-27)9-5-12(22)16(24)13(23)6-9/h1-7,15,17-20,28-30H,8H2/t15?,17-,18-,19?,20+/m0/s1. The number of ether oxygens (including phenoxy) is 1. The van der Waals surface area contributed by atoms with Crippen molar-refractivity contribution in [2.75, 3.05) is 6.61 Å². The Morgan fingerprint density at radius 1 is 1.00 bits per heavy atom. The summed E-state index contributed by atoms with van der Waals surface area (Å²) in [6, 6.07) is 5.77. The highest BCUT2D eigenvalue weighted by Gasteiger charge is 2.46. The zero-order chi connectivity index (χ0) is 23.0. The van der Waals surface area contributed by atoms with E-state index in [4.69, 9.17) is 4.74 Å². The van der Waals surface area contributed by atoms with Gasteiger partial charge in [-0.15, -0.1) is 5.10 Å². The van der Waals surface area contributed by atoms with Crippen LogP contribution in [0.2, 0.25) is 0 Å². The number of thioether (sulfide) groups is 1. The van der Waals surface area contributed by atoms with Gasteiger partial charge in [0.05, 0.1) is 12.8 Å². The van der Waals surface area contributed by atoms with E-state index in [1.54, 1.807) is 0 Å². The summed E-state index contributed by atoms with van der Waals surface area (Å²) in [4.78, 5) is 0.568. The van der Waals surface area contributed by atoms with Crippen molar-refractivity contribution in [1.29, 1.82) is 0 Å². The first-order chi connectivity index (χ1) is 15.3. The summed E-state index contributed by atoms with van der Waals surface area (Å²) in [6.45, 7) is -0.569. The van der Waals surface area contributed by atoms with Crippen molar-refractivity contribution >= 4 is 11.8 Å². The zero-order valence-electron chi connectivity index (χ0n) is 16.1. The monoisotopic (exact) mass is 471 g/mol. The van der Waals surface area contributed by atoms with Crippen LogP contribution in [0.1, 0.15) is 6.04 Å². The number of nitrogens with zero attached hydrogens (tertiary/aromatic N) is 3. The van der Waals surface area contributed by atoms with Gasteiger partial charge in [-0.2, -0.15) is 0 Å². The quantitative estimate of drug-likeness (QED) is 0.388. The number of benzene rings is 2. The predicted octanol–water partition coefficient (Wildman–Crippen LogP) is 2.27. The molecule has 0 saturated carbocycles. The summed E-state index contributed by atoms with van der Waals surface area (Å²) < 4.78 is 60.2. The van der Waals surface area contributed by atoms with Crippen LogP contribution >= 0.6 is 11.8 Å². The van der Waals surface area contributed by atoms with Crippen LogP contribution in [0, 0.1) is 23.3 Å². The van der Waals surface area contributed by atoms with E-state index in [1.165, 1.54) is 30.5 Å². The van der Waals surface area contributed by atoms with Crippen molar-refractivity contribution < 1.29 is 37.6 Å². The Morgan fingerprint density at radius 3 is 2.28 bits per heavy atom. The molecule has 0 amide bonds. The van der Waals surface area contributed by atoms with E-state index in [9.17, 15) is 32.9 Å². The molecular formula is C20H17F4N3O4S. The van der Waals surface area contributed by atoms with Crippen LogP contribution in [-0.4, -0.2) is 60.7 Å². The van der Waals surface area contributed by atoms with E-state index in [2.05, 4.69) is 10.3 Å². The van der Waals surface area contributed by atoms with Gasteiger partial charge in [0.25, 0.3) is 0 Å². The molecule has 2 unspecified atom stereocenters. The zero-order valence-corrected chi connectivity index (χ0v) is 17.0. The fraction of sp³-hybridized carbons (Fsp3) is 0.300. The lowest BCUT2D eigenvalue weighted by molar-refractivity contribution is -0.178. The van der Waals surface area contributed by atoms with Gasteiger partial charge in [-0.25, -0.2) is 22.2 Å². The SMILES string of the molecule is OCC1O[C@H](Sc2ccc(F)cc2)C(O)[C@@H](n2cc(-c3cc(F)c(F)c(F)c3)nn2)[C@H]1O. The topological polar surface area (TPSA) is 101 Å². The summed E-state index contributed by atoms with van der Waals surface area (Å²) in [5.74, 6) is -4.87. The highest BCUT2D eigenvalue weighted by Crippen LogP contribution is 2.38. The number of rotatable bonds is 5. The van der Waals surface area contributed by atoms with Gasteiger partial charge in [0.2, 0.25) is 0 Å². The molecule has 0 bridgehead atoms. The molecule has 1 fully saturated rings. The minimum absolute atomic E-state index is 0.0306. The van der Waals surface area contributed by atoms with E-state index in [-0.39, 0.29) is 11.3 Å². The molecule has 1 aliphatic heterocycles. The summed E-state index contributed by atoms with van der Waals surface area (Å²) in [6.07, 6.45) is -2.63. The van der Waals surface area contributed by atoms with Gasteiger partial charge in [0.1, 0.15) is 41.3 Å². The van der Waals surface area contributed by atoms with Crippen molar-refractivity contribution in [2.24, 2.45) is 0 Å². The summed E-state index contributed by atoms with van der Waals surface area (Å²) >= 11 is 1.05. The molecule has 2 heterocycles. The van der Waals surface area contributed by atoms with Crippen LogP contribution in [0.5, 0.6) is 0 Å². The molecule has 32 heavy (non-hydrogen) atoms. The first-order valence-corrected chi connectivity index (χ1v) is 10.3. The Balaban J connectivity index is 1.63. The van der Waals surface area contributed by atoms with Gasteiger partial charge in [-0.05, 0) is 36.4 Å². The van der Waals surface area contributed by atoms with Crippen LogP contribution in [0.4, 0.5) is 17.6 Å². The summed E-state index contributed by atoms with van der Waals surface area (Å²) in [7, 11) is 0. The van der Waals surface area contributed by atoms with E-state index in [0.29, 0.717) is 4.90 Å². The molecule has 5 atom stereocenters. The Hall–Kier alpha value is -2.51. The van der Waals surface area contributed by atoms with Gasteiger partial charge < -0.3 is 20.1 Å². The van der Waals surface area contributed by atoms with E-state index in [0.717, 1.165) is 28.6 Å². The van der Waals surface area contributed by atoms with Crippen LogP contribution < -0.4 is 0 Å². The maximum absolute atomic E-state index is 13.6. The molecule has 0 radical (unpaired) electrons. The molecule has 3 N–H and O–H groups in total. The Bertz CT molecular complexity index is 1080. The third-order valence-electron chi connectivity index (χ3n) is 5.01. The number of aliphatic hydroxyl groups excluding tert-OH is 3. The van der Waals surface area contributed by atoms with Crippen LogP contribution in [0.15, 0.2) is 47.5 Å². The lowest BCUT2D eigenvalue weighted by atomic mass is 9.97. The minimum Gasteiger partial charge on any atom is -0.394 e. The third kappa shape index (κ3) is 4.36. The van der Waals surface area contributed by atoms with Gasteiger partial charge in [-0.3, -0.25) is 0 Å². The fourth-order valence-electron chi connectivity index (χ4n) is 3.38. The second-order valence-electron chi connectivity index (χ2n) is 7.11. The number of hydrogen-bond donors (Lipinski definition) is 3.